The first-order valence-corrected chi connectivity index (χ1v) is 5.09. The molecule has 1 unspecified atom stereocenters. The number of hydrogen-bond donors (Lipinski definition) is 1. The second kappa shape index (κ2) is 5.95. The standard InChI is InChI=1S/C11H14N2O4/c1-8(17-2)11(14)12-7-9-5-3-4-6-10(9)13(15)16/h3-6,8H,7H2,1-2H3,(H,12,14). The van der Waals surface area contributed by atoms with Crippen LogP contribution in [0.2, 0.25) is 0 Å². The highest BCUT2D eigenvalue weighted by molar-refractivity contribution is 5.80. The summed E-state index contributed by atoms with van der Waals surface area (Å²) in [7, 11) is 1.43. The van der Waals surface area contributed by atoms with Crippen LogP contribution in [-0.2, 0) is 16.1 Å². The zero-order chi connectivity index (χ0) is 12.8. The molecular weight excluding hydrogens is 224 g/mol. The van der Waals surface area contributed by atoms with Crippen molar-refractivity contribution in [2.24, 2.45) is 0 Å². The lowest BCUT2D eigenvalue weighted by Gasteiger charge is -2.10. The molecule has 0 fully saturated rings. The molecule has 0 spiro atoms. The fourth-order valence-corrected chi connectivity index (χ4v) is 1.27. The van der Waals surface area contributed by atoms with Gasteiger partial charge in [-0.1, -0.05) is 18.2 Å². The molecule has 1 atom stereocenters. The maximum atomic E-state index is 11.4. The topological polar surface area (TPSA) is 81.5 Å². The van der Waals surface area contributed by atoms with Gasteiger partial charge >= 0.3 is 0 Å². The number of carbonyl (C=O) groups is 1. The van der Waals surface area contributed by atoms with Crippen molar-refractivity contribution in [3.63, 3.8) is 0 Å². The van der Waals surface area contributed by atoms with E-state index in [0.29, 0.717) is 5.56 Å². The predicted octanol–water partition coefficient (Wildman–Crippen LogP) is 1.25. The third kappa shape index (κ3) is 3.53. The summed E-state index contributed by atoms with van der Waals surface area (Å²) in [5.74, 6) is -0.300. The van der Waals surface area contributed by atoms with Crippen molar-refractivity contribution in [2.75, 3.05) is 7.11 Å². The number of nitrogens with zero attached hydrogens (tertiary/aromatic N) is 1. The van der Waals surface area contributed by atoms with Crippen molar-refractivity contribution in [1.29, 1.82) is 0 Å². The minimum absolute atomic E-state index is 0.00197. The molecule has 1 N–H and O–H groups in total. The number of ether oxygens (including phenoxy) is 1. The molecule has 1 aromatic rings. The lowest BCUT2D eigenvalue weighted by Crippen LogP contribution is -2.33. The van der Waals surface area contributed by atoms with Gasteiger partial charge in [0.2, 0.25) is 5.91 Å². The average Bonchev–Trinajstić information content (AvgIpc) is 2.35. The molecular formula is C11H14N2O4. The highest BCUT2D eigenvalue weighted by Gasteiger charge is 2.15. The van der Waals surface area contributed by atoms with E-state index in [1.54, 1.807) is 25.1 Å². The second-order valence-electron chi connectivity index (χ2n) is 3.48. The van der Waals surface area contributed by atoms with E-state index in [-0.39, 0.29) is 18.1 Å². The Labute approximate surface area is 98.7 Å². The minimum Gasteiger partial charge on any atom is -0.372 e. The van der Waals surface area contributed by atoms with Gasteiger partial charge in [0.25, 0.3) is 5.69 Å². The zero-order valence-electron chi connectivity index (χ0n) is 9.67. The summed E-state index contributed by atoms with van der Waals surface area (Å²) in [5, 5.41) is 13.3. The van der Waals surface area contributed by atoms with Crippen molar-refractivity contribution < 1.29 is 14.5 Å². The van der Waals surface area contributed by atoms with Gasteiger partial charge in [-0.15, -0.1) is 0 Å². The molecule has 1 amide bonds. The highest BCUT2D eigenvalue weighted by Crippen LogP contribution is 2.17. The normalized spacial score (nSPS) is 11.9. The van der Waals surface area contributed by atoms with Crippen LogP contribution in [0.5, 0.6) is 0 Å². The Morgan fingerprint density at radius 2 is 2.18 bits per heavy atom. The fourth-order valence-electron chi connectivity index (χ4n) is 1.27. The first-order chi connectivity index (χ1) is 8.06. The molecule has 1 rings (SSSR count). The van der Waals surface area contributed by atoms with Crippen LogP contribution >= 0.6 is 0 Å². The number of amides is 1. The molecule has 0 aliphatic carbocycles. The number of carbonyl (C=O) groups excluding carboxylic acids is 1. The smallest absolute Gasteiger partial charge is 0.274 e. The van der Waals surface area contributed by atoms with Crippen LogP contribution in [0.25, 0.3) is 0 Å². The van der Waals surface area contributed by atoms with Gasteiger partial charge in [-0.2, -0.15) is 0 Å². The molecule has 6 heteroatoms. The number of nitrogens with one attached hydrogen (secondary N) is 1. The van der Waals surface area contributed by atoms with Crippen LogP contribution in [-0.4, -0.2) is 24.0 Å². The van der Waals surface area contributed by atoms with Crippen molar-refractivity contribution in [3.05, 3.63) is 39.9 Å². The summed E-state index contributed by atoms with van der Waals surface area (Å²) in [4.78, 5) is 21.7. The second-order valence-corrected chi connectivity index (χ2v) is 3.48. The lowest BCUT2D eigenvalue weighted by atomic mass is 10.2. The lowest BCUT2D eigenvalue weighted by molar-refractivity contribution is -0.385. The van der Waals surface area contributed by atoms with E-state index in [1.807, 2.05) is 0 Å². The van der Waals surface area contributed by atoms with E-state index in [2.05, 4.69) is 5.32 Å². The minimum atomic E-state index is -0.572. The van der Waals surface area contributed by atoms with E-state index in [4.69, 9.17) is 4.74 Å². The molecule has 92 valence electrons. The Balaban J connectivity index is 2.69. The first-order valence-electron chi connectivity index (χ1n) is 5.09. The van der Waals surface area contributed by atoms with E-state index in [0.717, 1.165) is 0 Å². The first kappa shape index (κ1) is 13.1. The Hall–Kier alpha value is -1.95. The Bertz CT molecular complexity index is 420. The molecule has 1 aromatic carbocycles. The molecule has 0 aromatic heterocycles. The number of para-hydroxylation sites is 1. The summed E-state index contributed by atoms with van der Waals surface area (Å²) in [6.07, 6.45) is -0.572. The van der Waals surface area contributed by atoms with Gasteiger partial charge in [-0.3, -0.25) is 14.9 Å². The molecule has 0 radical (unpaired) electrons. The van der Waals surface area contributed by atoms with Crippen LogP contribution in [0.3, 0.4) is 0 Å². The Kier molecular flexibility index (Phi) is 4.59. The average molecular weight is 238 g/mol. The Morgan fingerprint density at radius 3 is 2.76 bits per heavy atom. The Morgan fingerprint density at radius 1 is 1.53 bits per heavy atom. The van der Waals surface area contributed by atoms with Crippen LogP contribution in [0.1, 0.15) is 12.5 Å². The molecule has 0 saturated carbocycles. The van der Waals surface area contributed by atoms with Gasteiger partial charge in [0.1, 0.15) is 6.10 Å². The van der Waals surface area contributed by atoms with Crippen LogP contribution < -0.4 is 5.32 Å². The van der Waals surface area contributed by atoms with Gasteiger partial charge in [-0.05, 0) is 6.92 Å². The number of nitro benzene ring substituents is 1. The SMILES string of the molecule is COC(C)C(=O)NCc1ccccc1[N+](=O)[O-]. The van der Waals surface area contributed by atoms with Crippen LogP contribution in [0, 0.1) is 10.1 Å². The summed E-state index contributed by atoms with van der Waals surface area (Å²) in [6, 6.07) is 6.28. The number of hydrogen-bond acceptors (Lipinski definition) is 4. The maximum Gasteiger partial charge on any atom is 0.274 e. The molecule has 6 nitrogen and oxygen atoms in total. The van der Waals surface area contributed by atoms with E-state index < -0.39 is 11.0 Å². The summed E-state index contributed by atoms with van der Waals surface area (Å²) < 4.78 is 4.83. The van der Waals surface area contributed by atoms with Crippen molar-refractivity contribution >= 4 is 11.6 Å². The molecule has 0 bridgehead atoms. The third-order valence-electron chi connectivity index (χ3n) is 2.36. The van der Waals surface area contributed by atoms with Crippen LogP contribution in [0.4, 0.5) is 5.69 Å². The van der Waals surface area contributed by atoms with Crippen molar-refractivity contribution in [1.82, 2.24) is 5.32 Å². The number of rotatable bonds is 5. The summed E-state index contributed by atoms with van der Waals surface area (Å²) in [6.45, 7) is 1.72. The van der Waals surface area contributed by atoms with Crippen molar-refractivity contribution in [3.8, 4) is 0 Å². The third-order valence-corrected chi connectivity index (χ3v) is 2.36. The van der Waals surface area contributed by atoms with Gasteiger partial charge in [0.15, 0.2) is 0 Å². The van der Waals surface area contributed by atoms with Gasteiger partial charge in [0, 0.05) is 25.3 Å². The van der Waals surface area contributed by atoms with E-state index in [1.165, 1.54) is 13.2 Å². The summed E-state index contributed by atoms with van der Waals surface area (Å²) in [5.41, 5.74) is 0.465. The molecule has 17 heavy (non-hydrogen) atoms. The molecule has 0 aliphatic rings. The largest absolute Gasteiger partial charge is 0.372 e. The molecule has 0 heterocycles. The quantitative estimate of drug-likeness (QED) is 0.618. The van der Waals surface area contributed by atoms with E-state index in [9.17, 15) is 14.9 Å². The fraction of sp³-hybridized carbons (Fsp3) is 0.364. The van der Waals surface area contributed by atoms with E-state index >= 15 is 0 Å². The number of nitro groups is 1. The monoisotopic (exact) mass is 238 g/mol. The van der Waals surface area contributed by atoms with Gasteiger partial charge < -0.3 is 10.1 Å². The molecule has 0 saturated heterocycles. The highest BCUT2D eigenvalue weighted by atomic mass is 16.6. The number of benzene rings is 1. The van der Waals surface area contributed by atoms with Crippen molar-refractivity contribution in [2.45, 2.75) is 19.6 Å². The number of methoxy groups -OCH3 is 1. The van der Waals surface area contributed by atoms with Gasteiger partial charge in [-0.25, -0.2) is 0 Å². The summed E-state index contributed by atoms with van der Waals surface area (Å²) >= 11 is 0. The maximum absolute atomic E-state index is 11.4. The molecule has 0 aliphatic heterocycles. The van der Waals surface area contributed by atoms with Gasteiger partial charge in [0.05, 0.1) is 4.92 Å². The zero-order valence-corrected chi connectivity index (χ0v) is 9.67. The predicted molar refractivity (Wildman–Crippen MR) is 61.4 cm³/mol. The van der Waals surface area contributed by atoms with Crippen LogP contribution in [0.15, 0.2) is 24.3 Å².